The fraction of sp³-hybridized carbons (Fsp3) is 0.538. The van der Waals surface area contributed by atoms with Gasteiger partial charge in [0.1, 0.15) is 5.56 Å². The Bertz CT molecular complexity index is 485. The Kier molecular flexibility index (Phi) is 3.31. The fourth-order valence-corrected chi connectivity index (χ4v) is 2.49. The summed E-state index contributed by atoms with van der Waals surface area (Å²) < 4.78 is 1.64. The summed E-state index contributed by atoms with van der Waals surface area (Å²) in [6, 6.07) is 1.96. The Morgan fingerprint density at radius 1 is 1.35 bits per heavy atom. The zero-order chi connectivity index (χ0) is 12.4. The second kappa shape index (κ2) is 4.73. The Hall–Kier alpha value is -1.58. The molecular weight excluding hydrogens is 216 g/mol. The minimum Gasteiger partial charge on any atom is -0.371 e. The molecule has 0 saturated carbocycles. The second-order valence-electron chi connectivity index (χ2n) is 4.45. The molecule has 0 aromatic carbocycles. The molecule has 0 aliphatic carbocycles. The smallest absolute Gasteiger partial charge is 0.263 e. The van der Waals surface area contributed by atoms with E-state index in [0.717, 1.165) is 37.3 Å². The first-order valence-corrected chi connectivity index (χ1v) is 6.13. The molecule has 1 fully saturated rings. The van der Waals surface area contributed by atoms with E-state index in [1.807, 2.05) is 19.9 Å². The molecule has 0 atom stereocenters. The number of hydrogen-bond acceptors (Lipinski definition) is 3. The van der Waals surface area contributed by atoms with Crippen molar-refractivity contribution in [3.63, 3.8) is 0 Å². The van der Waals surface area contributed by atoms with Crippen LogP contribution in [-0.2, 0) is 6.54 Å². The number of carbonyl (C=O) groups is 1. The molecular formula is C13H18N2O2. The highest BCUT2D eigenvalue weighted by Gasteiger charge is 2.19. The van der Waals surface area contributed by atoms with Crippen LogP contribution >= 0.6 is 0 Å². The van der Waals surface area contributed by atoms with E-state index >= 15 is 0 Å². The Morgan fingerprint density at radius 2 is 2.00 bits per heavy atom. The highest BCUT2D eigenvalue weighted by Crippen LogP contribution is 2.22. The number of nitrogens with zero attached hydrogens (tertiary/aromatic N) is 2. The van der Waals surface area contributed by atoms with Crippen molar-refractivity contribution < 1.29 is 4.79 Å². The zero-order valence-corrected chi connectivity index (χ0v) is 10.4. The first-order valence-electron chi connectivity index (χ1n) is 6.13. The van der Waals surface area contributed by atoms with Gasteiger partial charge in [0.15, 0.2) is 6.29 Å². The van der Waals surface area contributed by atoms with E-state index in [1.165, 1.54) is 0 Å². The molecule has 0 N–H and O–H groups in total. The van der Waals surface area contributed by atoms with E-state index in [1.54, 1.807) is 4.57 Å². The zero-order valence-electron chi connectivity index (χ0n) is 10.4. The number of pyridine rings is 1. The van der Waals surface area contributed by atoms with Crippen molar-refractivity contribution in [2.45, 2.75) is 33.2 Å². The van der Waals surface area contributed by atoms with Crippen LogP contribution in [0.25, 0.3) is 0 Å². The number of aromatic nitrogens is 1. The van der Waals surface area contributed by atoms with E-state index in [9.17, 15) is 9.59 Å². The molecule has 1 aromatic heterocycles. The molecule has 1 aromatic rings. The van der Waals surface area contributed by atoms with Gasteiger partial charge in [-0.25, -0.2) is 0 Å². The summed E-state index contributed by atoms with van der Waals surface area (Å²) in [5, 5.41) is 0. The van der Waals surface area contributed by atoms with Crippen molar-refractivity contribution in [3.8, 4) is 0 Å². The normalized spacial score (nSPS) is 15.3. The molecule has 2 rings (SSSR count). The summed E-state index contributed by atoms with van der Waals surface area (Å²) in [5.74, 6) is 0. The summed E-state index contributed by atoms with van der Waals surface area (Å²) in [6.07, 6.45) is 2.96. The number of aldehydes is 1. The Labute approximate surface area is 101 Å². The maximum atomic E-state index is 12.1. The topological polar surface area (TPSA) is 42.3 Å². The van der Waals surface area contributed by atoms with Gasteiger partial charge in [-0.15, -0.1) is 0 Å². The summed E-state index contributed by atoms with van der Waals surface area (Å²) >= 11 is 0. The number of carbonyl (C=O) groups excluding carboxylic acids is 1. The van der Waals surface area contributed by atoms with Crippen molar-refractivity contribution >= 4 is 12.0 Å². The largest absolute Gasteiger partial charge is 0.371 e. The van der Waals surface area contributed by atoms with Crippen LogP contribution < -0.4 is 10.5 Å². The van der Waals surface area contributed by atoms with Gasteiger partial charge in [0, 0.05) is 25.3 Å². The summed E-state index contributed by atoms with van der Waals surface area (Å²) in [6.45, 7) is 6.31. The molecule has 0 unspecified atom stereocenters. The number of aryl methyl sites for hydroxylation is 1. The van der Waals surface area contributed by atoms with E-state index in [-0.39, 0.29) is 5.56 Å². The van der Waals surface area contributed by atoms with Crippen molar-refractivity contribution in [1.82, 2.24) is 4.57 Å². The van der Waals surface area contributed by atoms with Crippen LogP contribution in [0.3, 0.4) is 0 Å². The second-order valence-corrected chi connectivity index (χ2v) is 4.45. The van der Waals surface area contributed by atoms with Crippen LogP contribution in [0.1, 0.15) is 35.8 Å². The summed E-state index contributed by atoms with van der Waals surface area (Å²) in [5.41, 5.74) is 1.87. The Morgan fingerprint density at radius 3 is 2.53 bits per heavy atom. The molecule has 92 valence electrons. The molecule has 0 radical (unpaired) electrons. The lowest BCUT2D eigenvalue weighted by molar-refractivity contribution is 0.112. The van der Waals surface area contributed by atoms with Crippen LogP contribution in [0.5, 0.6) is 0 Å². The third-order valence-electron chi connectivity index (χ3n) is 3.40. The van der Waals surface area contributed by atoms with Gasteiger partial charge < -0.3 is 9.47 Å². The van der Waals surface area contributed by atoms with E-state index in [2.05, 4.69) is 4.90 Å². The molecule has 1 saturated heterocycles. The molecule has 0 bridgehead atoms. The maximum absolute atomic E-state index is 12.1. The van der Waals surface area contributed by atoms with Gasteiger partial charge in [-0.3, -0.25) is 9.59 Å². The van der Waals surface area contributed by atoms with E-state index in [0.29, 0.717) is 18.4 Å². The van der Waals surface area contributed by atoms with Crippen LogP contribution in [0.15, 0.2) is 10.9 Å². The first-order chi connectivity index (χ1) is 8.19. The van der Waals surface area contributed by atoms with E-state index < -0.39 is 0 Å². The van der Waals surface area contributed by atoms with Crippen molar-refractivity contribution in [2.24, 2.45) is 0 Å². The lowest BCUT2D eigenvalue weighted by Gasteiger charge is -2.21. The highest BCUT2D eigenvalue weighted by atomic mass is 16.1. The quantitative estimate of drug-likeness (QED) is 0.746. The lowest BCUT2D eigenvalue weighted by Crippen LogP contribution is -2.30. The van der Waals surface area contributed by atoms with Crippen molar-refractivity contribution in [3.05, 3.63) is 27.7 Å². The van der Waals surface area contributed by atoms with Gasteiger partial charge in [-0.1, -0.05) is 0 Å². The third kappa shape index (κ3) is 1.99. The SMILES string of the molecule is CCn1c(C)cc(N2CCCC2)c(C=O)c1=O. The minimum atomic E-state index is -0.163. The van der Waals surface area contributed by atoms with Crippen LogP contribution in [-0.4, -0.2) is 23.9 Å². The van der Waals surface area contributed by atoms with Gasteiger partial charge in [-0.05, 0) is 32.8 Å². The minimum absolute atomic E-state index is 0.163. The van der Waals surface area contributed by atoms with Crippen LogP contribution in [0, 0.1) is 6.92 Å². The monoisotopic (exact) mass is 234 g/mol. The van der Waals surface area contributed by atoms with Gasteiger partial charge in [0.25, 0.3) is 5.56 Å². The molecule has 0 amide bonds. The lowest BCUT2D eigenvalue weighted by atomic mass is 10.2. The van der Waals surface area contributed by atoms with Gasteiger partial charge in [-0.2, -0.15) is 0 Å². The molecule has 2 heterocycles. The average Bonchev–Trinajstić information content (AvgIpc) is 2.82. The number of rotatable bonds is 3. The third-order valence-corrected chi connectivity index (χ3v) is 3.40. The molecule has 4 nitrogen and oxygen atoms in total. The van der Waals surface area contributed by atoms with E-state index in [4.69, 9.17) is 0 Å². The standard InChI is InChI=1S/C13H18N2O2/c1-3-15-10(2)8-12(11(9-16)13(15)17)14-6-4-5-7-14/h8-9H,3-7H2,1-2H3. The predicted octanol–water partition coefficient (Wildman–Crippen LogP) is 1.59. The molecule has 1 aliphatic heterocycles. The van der Waals surface area contributed by atoms with Crippen molar-refractivity contribution in [1.29, 1.82) is 0 Å². The van der Waals surface area contributed by atoms with Gasteiger partial charge in [0.2, 0.25) is 0 Å². The number of anilines is 1. The molecule has 0 spiro atoms. The average molecular weight is 234 g/mol. The van der Waals surface area contributed by atoms with Crippen LogP contribution in [0.2, 0.25) is 0 Å². The van der Waals surface area contributed by atoms with Crippen LogP contribution in [0.4, 0.5) is 5.69 Å². The maximum Gasteiger partial charge on any atom is 0.263 e. The highest BCUT2D eigenvalue weighted by molar-refractivity contribution is 5.84. The number of hydrogen-bond donors (Lipinski definition) is 0. The summed E-state index contributed by atoms with van der Waals surface area (Å²) in [7, 11) is 0. The predicted molar refractivity (Wildman–Crippen MR) is 67.9 cm³/mol. The fourth-order valence-electron chi connectivity index (χ4n) is 2.49. The summed E-state index contributed by atoms with van der Waals surface area (Å²) in [4.78, 5) is 25.4. The molecule has 1 aliphatic rings. The van der Waals surface area contributed by atoms with Gasteiger partial charge in [0.05, 0.1) is 5.69 Å². The molecule has 4 heteroatoms. The molecule has 17 heavy (non-hydrogen) atoms. The first kappa shape index (κ1) is 11.9. The van der Waals surface area contributed by atoms with Gasteiger partial charge >= 0.3 is 0 Å². The van der Waals surface area contributed by atoms with Crippen molar-refractivity contribution in [2.75, 3.05) is 18.0 Å². The Balaban J connectivity index is 2.59.